The number of aryl methyl sites for hydroxylation is 1. The van der Waals surface area contributed by atoms with Crippen LogP contribution >= 0.6 is 24.0 Å². The number of aliphatic imine (C=N–C) groups is 1. The Kier molecular flexibility index (Phi) is 9.36. The summed E-state index contributed by atoms with van der Waals surface area (Å²) >= 11 is 0. The van der Waals surface area contributed by atoms with Gasteiger partial charge in [-0.3, -0.25) is 0 Å². The maximum Gasteiger partial charge on any atom is 0.191 e. The van der Waals surface area contributed by atoms with E-state index in [0.29, 0.717) is 6.54 Å². The average Bonchev–Trinajstić information content (AvgIpc) is 2.71. The van der Waals surface area contributed by atoms with Crippen LogP contribution in [0.3, 0.4) is 0 Å². The largest absolute Gasteiger partial charge is 0.381 e. The lowest BCUT2D eigenvalue weighted by Gasteiger charge is -2.39. The molecule has 0 spiro atoms. The van der Waals surface area contributed by atoms with Gasteiger partial charge in [-0.1, -0.05) is 36.4 Å². The molecule has 1 heterocycles. The second kappa shape index (κ2) is 11.5. The predicted octanol–water partition coefficient (Wildman–Crippen LogP) is 4.56. The molecule has 1 saturated heterocycles. The zero-order valence-corrected chi connectivity index (χ0v) is 19.5. The van der Waals surface area contributed by atoms with Crippen molar-refractivity contribution in [3.8, 4) is 0 Å². The SMILES string of the molecule is CCNC(=NCc1cccc(F)c1)NCC1(c2ccccc2C)CCOCC1.I. The quantitative estimate of drug-likeness (QED) is 0.340. The van der Waals surface area contributed by atoms with Crippen molar-refractivity contribution in [2.75, 3.05) is 26.3 Å². The minimum Gasteiger partial charge on any atom is -0.381 e. The van der Waals surface area contributed by atoms with E-state index < -0.39 is 0 Å². The molecule has 0 atom stereocenters. The molecule has 2 aromatic carbocycles. The van der Waals surface area contributed by atoms with E-state index in [9.17, 15) is 4.39 Å². The number of ether oxygens (including phenoxy) is 1. The van der Waals surface area contributed by atoms with Crippen LogP contribution in [-0.4, -0.2) is 32.3 Å². The van der Waals surface area contributed by atoms with Gasteiger partial charge in [0.1, 0.15) is 5.82 Å². The summed E-state index contributed by atoms with van der Waals surface area (Å²) in [5.74, 6) is 0.526. The van der Waals surface area contributed by atoms with Crippen LogP contribution in [0.5, 0.6) is 0 Å². The minimum absolute atomic E-state index is 0. The van der Waals surface area contributed by atoms with Crippen molar-refractivity contribution in [1.29, 1.82) is 0 Å². The Balaban J connectivity index is 0.00000300. The topological polar surface area (TPSA) is 45.7 Å². The number of hydrogen-bond acceptors (Lipinski definition) is 2. The molecule has 0 radical (unpaired) electrons. The molecule has 3 rings (SSSR count). The maximum atomic E-state index is 13.4. The van der Waals surface area contributed by atoms with Crippen LogP contribution in [0.15, 0.2) is 53.5 Å². The third-order valence-electron chi connectivity index (χ3n) is 5.41. The van der Waals surface area contributed by atoms with Gasteiger partial charge in [-0.2, -0.15) is 0 Å². The Morgan fingerprint density at radius 3 is 2.55 bits per heavy atom. The number of guanidine groups is 1. The number of halogens is 2. The zero-order valence-electron chi connectivity index (χ0n) is 17.2. The molecular formula is C23H31FIN3O. The zero-order chi connectivity index (χ0) is 19.8. The Bertz CT molecular complexity index is 806. The lowest BCUT2D eigenvalue weighted by molar-refractivity contribution is 0.0512. The van der Waals surface area contributed by atoms with Gasteiger partial charge in [0.15, 0.2) is 5.96 Å². The maximum absolute atomic E-state index is 13.4. The first kappa shape index (κ1) is 23.6. The van der Waals surface area contributed by atoms with Crippen molar-refractivity contribution in [3.05, 3.63) is 71.0 Å². The highest BCUT2D eigenvalue weighted by molar-refractivity contribution is 14.0. The number of nitrogens with one attached hydrogen (secondary N) is 2. The van der Waals surface area contributed by atoms with Gasteiger partial charge in [-0.05, 0) is 55.5 Å². The van der Waals surface area contributed by atoms with Crippen molar-refractivity contribution in [2.45, 2.75) is 38.6 Å². The van der Waals surface area contributed by atoms with Crippen molar-refractivity contribution < 1.29 is 9.13 Å². The summed E-state index contributed by atoms with van der Waals surface area (Å²) < 4.78 is 19.1. The lowest BCUT2D eigenvalue weighted by Crippen LogP contribution is -2.48. The molecule has 1 aliphatic rings. The van der Waals surface area contributed by atoms with Gasteiger partial charge in [0.2, 0.25) is 0 Å². The smallest absolute Gasteiger partial charge is 0.191 e. The van der Waals surface area contributed by atoms with Crippen molar-refractivity contribution in [3.63, 3.8) is 0 Å². The number of rotatable bonds is 6. The summed E-state index contributed by atoms with van der Waals surface area (Å²) in [4.78, 5) is 4.65. The molecule has 1 aliphatic heterocycles. The molecule has 6 heteroatoms. The molecule has 158 valence electrons. The normalized spacial score (nSPS) is 16.0. The van der Waals surface area contributed by atoms with Crippen molar-refractivity contribution >= 4 is 29.9 Å². The predicted molar refractivity (Wildman–Crippen MR) is 128 cm³/mol. The van der Waals surface area contributed by atoms with Gasteiger partial charge in [0, 0.05) is 31.7 Å². The van der Waals surface area contributed by atoms with E-state index in [1.54, 1.807) is 6.07 Å². The van der Waals surface area contributed by atoms with Crippen LogP contribution in [0.2, 0.25) is 0 Å². The molecule has 0 bridgehead atoms. The summed E-state index contributed by atoms with van der Waals surface area (Å²) in [5, 5.41) is 6.84. The van der Waals surface area contributed by atoms with Crippen LogP contribution in [-0.2, 0) is 16.7 Å². The van der Waals surface area contributed by atoms with Gasteiger partial charge in [-0.15, -0.1) is 24.0 Å². The fourth-order valence-corrected chi connectivity index (χ4v) is 3.87. The Hall–Kier alpha value is -1.67. The molecule has 0 aromatic heterocycles. The summed E-state index contributed by atoms with van der Waals surface area (Å²) in [6.07, 6.45) is 1.96. The standard InChI is InChI=1S/C23H30FN3O.HI/c1-3-25-22(26-16-19-8-6-9-20(24)15-19)27-17-23(11-13-28-14-12-23)21-10-5-4-7-18(21)2;/h4-10,15H,3,11-14,16-17H2,1-2H3,(H2,25,26,27);1H. The van der Waals surface area contributed by atoms with E-state index in [1.807, 2.05) is 13.0 Å². The van der Waals surface area contributed by atoms with Gasteiger partial charge >= 0.3 is 0 Å². The highest BCUT2D eigenvalue weighted by Gasteiger charge is 2.35. The molecule has 4 nitrogen and oxygen atoms in total. The summed E-state index contributed by atoms with van der Waals surface area (Å²) in [5.41, 5.74) is 3.58. The fraction of sp³-hybridized carbons (Fsp3) is 0.435. The molecule has 0 unspecified atom stereocenters. The van der Waals surface area contributed by atoms with Crippen LogP contribution in [0.4, 0.5) is 4.39 Å². The van der Waals surface area contributed by atoms with E-state index in [4.69, 9.17) is 4.74 Å². The van der Waals surface area contributed by atoms with E-state index in [2.05, 4.69) is 46.8 Å². The molecule has 2 N–H and O–H groups in total. The second-order valence-electron chi connectivity index (χ2n) is 7.39. The number of benzene rings is 2. The van der Waals surface area contributed by atoms with Crippen LogP contribution in [0.1, 0.15) is 36.5 Å². The summed E-state index contributed by atoms with van der Waals surface area (Å²) in [7, 11) is 0. The van der Waals surface area contributed by atoms with Crippen LogP contribution in [0.25, 0.3) is 0 Å². The highest BCUT2D eigenvalue weighted by Crippen LogP contribution is 2.36. The molecule has 1 fully saturated rings. The van der Waals surface area contributed by atoms with Gasteiger partial charge in [0.05, 0.1) is 6.54 Å². The highest BCUT2D eigenvalue weighted by atomic mass is 127. The third kappa shape index (κ3) is 6.40. The average molecular weight is 511 g/mol. The lowest BCUT2D eigenvalue weighted by atomic mass is 9.72. The van der Waals surface area contributed by atoms with E-state index in [1.165, 1.54) is 23.3 Å². The molecule has 0 aliphatic carbocycles. The molecular weight excluding hydrogens is 480 g/mol. The number of hydrogen-bond donors (Lipinski definition) is 2. The molecule has 2 aromatic rings. The summed E-state index contributed by atoms with van der Waals surface area (Å²) in [6, 6.07) is 15.2. The molecule has 29 heavy (non-hydrogen) atoms. The fourth-order valence-electron chi connectivity index (χ4n) is 3.87. The van der Waals surface area contributed by atoms with Gasteiger partial charge in [0.25, 0.3) is 0 Å². The molecule has 0 amide bonds. The Morgan fingerprint density at radius 1 is 1.10 bits per heavy atom. The number of nitrogens with zero attached hydrogens (tertiary/aromatic N) is 1. The van der Waals surface area contributed by atoms with Crippen LogP contribution < -0.4 is 10.6 Å². The molecule has 0 saturated carbocycles. The van der Waals surface area contributed by atoms with E-state index in [-0.39, 0.29) is 35.2 Å². The summed E-state index contributed by atoms with van der Waals surface area (Å²) in [6.45, 7) is 7.76. The van der Waals surface area contributed by atoms with Crippen molar-refractivity contribution in [2.24, 2.45) is 4.99 Å². The Morgan fingerprint density at radius 2 is 1.86 bits per heavy atom. The van der Waals surface area contributed by atoms with Gasteiger partial charge in [-0.25, -0.2) is 9.38 Å². The van der Waals surface area contributed by atoms with E-state index >= 15 is 0 Å². The monoisotopic (exact) mass is 511 g/mol. The second-order valence-corrected chi connectivity index (χ2v) is 7.39. The van der Waals surface area contributed by atoms with Crippen molar-refractivity contribution in [1.82, 2.24) is 10.6 Å². The minimum atomic E-state index is -0.230. The Labute approximate surface area is 190 Å². The van der Waals surface area contributed by atoms with E-state index in [0.717, 1.165) is 50.7 Å². The first-order chi connectivity index (χ1) is 13.6. The first-order valence-electron chi connectivity index (χ1n) is 10.0. The first-order valence-corrected chi connectivity index (χ1v) is 10.0. The van der Waals surface area contributed by atoms with Crippen LogP contribution in [0, 0.1) is 12.7 Å². The third-order valence-corrected chi connectivity index (χ3v) is 5.41. The van der Waals surface area contributed by atoms with Gasteiger partial charge < -0.3 is 15.4 Å².